The number of pyridine rings is 1. The maximum atomic E-state index is 2.12. The Bertz CT molecular complexity index is 382. The van der Waals surface area contributed by atoms with Crippen LogP contribution in [0.4, 0.5) is 0 Å². The Morgan fingerprint density at radius 1 is 1.00 bits per heavy atom. The standard InChI is InChI=1S/C10H10N.H3N/c1-11-7-6-9-4-2-3-5-10(9)8-11;/h2-8H,1H3;1H3/q+1;. The van der Waals surface area contributed by atoms with Crippen molar-refractivity contribution in [2.24, 2.45) is 7.05 Å². The molecule has 0 bridgehead atoms. The van der Waals surface area contributed by atoms with Crippen LogP contribution in [0.5, 0.6) is 0 Å². The van der Waals surface area contributed by atoms with Gasteiger partial charge in [-0.15, -0.1) is 0 Å². The minimum Gasteiger partial charge on any atom is -0.344 e. The monoisotopic (exact) mass is 161 g/mol. The Labute approximate surface area is 72.0 Å². The Balaban J connectivity index is 0.000000720. The summed E-state index contributed by atoms with van der Waals surface area (Å²) < 4.78 is 2.06. The van der Waals surface area contributed by atoms with E-state index in [0.29, 0.717) is 0 Å². The molecule has 0 aliphatic carbocycles. The number of hydrogen-bond acceptors (Lipinski definition) is 1. The highest BCUT2D eigenvalue weighted by atomic mass is 14.9. The number of aromatic nitrogens is 1. The Morgan fingerprint density at radius 2 is 1.67 bits per heavy atom. The van der Waals surface area contributed by atoms with Crippen molar-refractivity contribution < 1.29 is 4.57 Å². The van der Waals surface area contributed by atoms with Crippen molar-refractivity contribution in [2.45, 2.75) is 0 Å². The molecule has 0 saturated carbocycles. The summed E-state index contributed by atoms with van der Waals surface area (Å²) in [4.78, 5) is 0. The van der Waals surface area contributed by atoms with E-state index in [-0.39, 0.29) is 6.15 Å². The molecule has 2 nitrogen and oxygen atoms in total. The molecule has 0 fully saturated rings. The highest BCUT2D eigenvalue weighted by molar-refractivity contribution is 5.80. The molecule has 0 saturated heterocycles. The van der Waals surface area contributed by atoms with E-state index in [4.69, 9.17) is 0 Å². The zero-order valence-corrected chi connectivity index (χ0v) is 7.20. The van der Waals surface area contributed by atoms with Crippen molar-refractivity contribution in [3.63, 3.8) is 0 Å². The van der Waals surface area contributed by atoms with E-state index in [1.54, 1.807) is 0 Å². The van der Waals surface area contributed by atoms with E-state index in [2.05, 4.69) is 47.3 Å². The predicted molar refractivity (Wildman–Crippen MR) is 50.1 cm³/mol. The summed E-state index contributed by atoms with van der Waals surface area (Å²) in [5.41, 5.74) is 0. The normalized spacial score (nSPS) is 9.42. The minimum atomic E-state index is 0. The number of fused-ring (bicyclic) bond motifs is 1. The summed E-state index contributed by atoms with van der Waals surface area (Å²) in [6.07, 6.45) is 4.18. The lowest BCUT2D eigenvalue weighted by Crippen LogP contribution is -2.25. The molecule has 0 aliphatic rings. The third kappa shape index (κ3) is 1.43. The molecule has 2 aromatic rings. The first kappa shape index (κ1) is 8.68. The second kappa shape index (κ2) is 3.32. The Kier molecular flexibility index (Phi) is 2.41. The predicted octanol–water partition coefficient (Wildman–Crippen LogP) is 1.83. The van der Waals surface area contributed by atoms with Gasteiger partial charge >= 0.3 is 0 Å². The molecule has 1 aromatic heterocycles. The van der Waals surface area contributed by atoms with Crippen LogP contribution in [-0.4, -0.2) is 0 Å². The maximum absolute atomic E-state index is 2.12. The Morgan fingerprint density at radius 3 is 2.42 bits per heavy atom. The van der Waals surface area contributed by atoms with Crippen LogP contribution in [0.25, 0.3) is 10.8 Å². The third-order valence-corrected chi connectivity index (χ3v) is 1.83. The first-order chi connectivity index (χ1) is 5.36. The molecule has 2 rings (SSSR count). The van der Waals surface area contributed by atoms with Crippen LogP contribution in [-0.2, 0) is 7.05 Å². The highest BCUT2D eigenvalue weighted by Gasteiger charge is 1.94. The average molecular weight is 161 g/mol. The number of benzene rings is 1. The van der Waals surface area contributed by atoms with Gasteiger partial charge in [0, 0.05) is 11.5 Å². The van der Waals surface area contributed by atoms with E-state index in [1.165, 1.54) is 10.8 Å². The van der Waals surface area contributed by atoms with Crippen molar-refractivity contribution in [2.75, 3.05) is 0 Å². The van der Waals surface area contributed by atoms with Crippen molar-refractivity contribution >= 4 is 10.8 Å². The van der Waals surface area contributed by atoms with Crippen LogP contribution in [0.15, 0.2) is 42.7 Å². The fourth-order valence-electron chi connectivity index (χ4n) is 1.24. The molecule has 0 aliphatic heterocycles. The molecule has 1 aromatic carbocycles. The molecular formula is C10H13N2+. The molecule has 0 radical (unpaired) electrons. The van der Waals surface area contributed by atoms with Gasteiger partial charge in [0.1, 0.15) is 7.05 Å². The molecule has 62 valence electrons. The summed E-state index contributed by atoms with van der Waals surface area (Å²) in [6.45, 7) is 0. The average Bonchev–Trinajstić information content (AvgIpc) is 2.04. The highest BCUT2D eigenvalue weighted by Crippen LogP contribution is 2.08. The zero-order chi connectivity index (χ0) is 7.68. The molecule has 0 amide bonds. The van der Waals surface area contributed by atoms with E-state index < -0.39 is 0 Å². The van der Waals surface area contributed by atoms with Crippen LogP contribution in [0.3, 0.4) is 0 Å². The van der Waals surface area contributed by atoms with Gasteiger partial charge in [0.2, 0.25) is 0 Å². The number of rotatable bonds is 0. The maximum Gasteiger partial charge on any atom is 0.176 e. The first-order valence-corrected chi connectivity index (χ1v) is 3.70. The van der Waals surface area contributed by atoms with Gasteiger partial charge in [0.15, 0.2) is 12.4 Å². The number of nitrogens with zero attached hydrogens (tertiary/aromatic N) is 1. The fraction of sp³-hybridized carbons (Fsp3) is 0.100. The second-order valence-corrected chi connectivity index (χ2v) is 2.74. The van der Waals surface area contributed by atoms with Crippen molar-refractivity contribution in [1.29, 1.82) is 0 Å². The SMILES string of the molecule is C[n+]1ccc2ccccc2c1.N. The topological polar surface area (TPSA) is 38.9 Å². The summed E-state index contributed by atoms with van der Waals surface area (Å²) in [7, 11) is 2.03. The van der Waals surface area contributed by atoms with Crippen molar-refractivity contribution in [3.05, 3.63) is 42.7 Å². The largest absolute Gasteiger partial charge is 0.344 e. The first-order valence-electron chi connectivity index (χ1n) is 3.70. The van der Waals surface area contributed by atoms with Crippen LogP contribution < -0.4 is 10.7 Å². The lowest BCUT2D eigenvalue weighted by Gasteiger charge is -1.92. The smallest absolute Gasteiger partial charge is 0.176 e. The van der Waals surface area contributed by atoms with Gasteiger partial charge in [-0.05, 0) is 11.5 Å². The zero-order valence-electron chi connectivity index (χ0n) is 7.20. The minimum absolute atomic E-state index is 0. The van der Waals surface area contributed by atoms with E-state index in [9.17, 15) is 0 Å². The molecule has 0 unspecified atom stereocenters. The molecule has 2 heteroatoms. The summed E-state index contributed by atoms with van der Waals surface area (Å²) >= 11 is 0. The van der Waals surface area contributed by atoms with Crippen LogP contribution in [0.1, 0.15) is 0 Å². The van der Waals surface area contributed by atoms with E-state index in [1.807, 2.05) is 7.05 Å². The summed E-state index contributed by atoms with van der Waals surface area (Å²) in [6, 6.07) is 10.5. The lowest BCUT2D eigenvalue weighted by molar-refractivity contribution is -0.670. The molecule has 1 heterocycles. The van der Waals surface area contributed by atoms with Gasteiger partial charge in [-0.2, -0.15) is 0 Å². The third-order valence-electron chi connectivity index (χ3n) is 1.83. The number of hydrogen-bond donors (Lipinski definition) is 1. The Hall–Kier alpha value is -1.41. The summed E-state index contributed by atoms with van der Waals surface area (Å²) in [5.74, 6) is 0. The van der Waals surface area contributed by atoms with Crippen LogP contribution in [0.2, 0.25) is 0 Å². The molecule has 3 N–H and O–H groups in total. The van der Waals surface area contributed by atoms with Crippen LogP contribution >= 0.6 is 0 Å². The van der Waals surface area contributed by atoms with Gasteiger partial charge in [-0.25, -0.2) is 4.57 Å². The van der Waals surface area contributed by atoms with Gasteiger partial charge < -0.3 is 6.15 Å². The summed E-state index contributed by atoms with van der Waals surface area (Å²) in [5, 5.41) is 2.59. The van der Waals surface area contributed by atoms with Crippen molar-refractivity contribution in [1.82, 2.24) is 6.15 Å². The molecular weight excluding hydrogens is 148 g/mol. The van der Waals surface area contributed by atoms with E-state index in [0.717, 1.165) is 0 Å². The quantitative estimate of drug-likeness (QED) is 0.588. The van der Waals surface area contributed by atoms with Gasteiger partial charge in [-0.1, -0.05) is 18.2 Å². The molecule has 0 atom stereocenters. The fourth-order valence-corrected chi connectivity index (χ4v) is 1.24. The second-order valence-electron chi connectivity index (χ2n) is 2.74. The van der Waals surface area contributed by atoms with Crippen molar-refractivity contribution in [3.8, 4) is 0 Å². The lowest BCUT2D eigenvalue weighted by atomic mass is 10.2. The van der Waals surface area contributed by atoms with E-state index >= 15 is 0 Å². The van der Waals surface area contributed by atoms with Gasteiger partial charge in [0.25, 0.3) is 0 Å². The molecule has 12 heavy (non-hydrogen) atoms. The van der Waals surface area contributed by atoms with Gasteiger partial charge in [0.05, 0.1) is 0 Å². The van der Waals surface area contributed by atoms with Gasteiger partial charge in [-0.3, -0.25) is 0 Å². The van der Waals surface area contributed by atoms with Crippen LogP contribution in [0, 0.1) is 0 Å². The molecule has 0 spiro atoms. The number of aryl methyl sites for hydroxylation is 1.